The van der Waals surface area contributed by atoms with Crippen LogP contribution in [0, 0.1) is 19.3 Å². The van der Waals surface area contributed by atoms with Gasteiger partial charge in [0.05, 0.1) is 10.7 Å². The van der Waals surface area contributed by atoms with Crippen LogP contribution < -0.4 is 10.1 Å². The Bertz CT molecular complexity index is 719. The normalized spacial score (nSPS) is 11.2. The number of amides is 1. The molecule has 0 spiro atoms. The maximum absolute atomic E-state index is 12.0. The molecule has 6 heteroatoms. The number of aryl methyl sites for hydroxylation is 2. The molecule has 5 nitrogen and oxygen atoms in total. The lowest BCUT2D eigenvalue weighted by Crippen LogP contribution is -2.27. The van der Waals surface area contributed by atoms with Crippen molar-refractivity contribution in [3.8, 4) is 11.8 Å². The van der Waals surface area contributed by atoms with E-state index in [1.54, 1.807) is 18.2 Å². The van der Waals surface area contributed by atoms with Gasteiger partial charge in [-0.05, 0) is 32.0 Å². The predicted octanol–water partition coefficient (Wildman–Crippen LogP) is 4.52. The van der Waals surface area contributed by atoms with E-state index < -0.39 is 5.41 Å². The Labute approximate surface area is 141 Å². The van der Waals surface area contributed by atoms with Crippen molar-refractivity contribution >= 4 is 23.2 Å². The highest BCUT2D eigenvalue weighted by molar-refractivity contribution is 6.33. The van der Waals surface area contributed by atoms with Gasteiger partial charge in [-0.15, -0.1) is 0 Å². The van der Waals surface area contributed by atoms with Gasteiger partial charge in [-0.3, -0.25) is 4.79 Å². The molecule has 0 bridgehead atoms. The molecule has 0 aliphatic carbocycles. The van der Waals surface area contributed by atoms with Crippen molar-refractivity contribution in [2.75, 3.05) is 5.32 Å². The van der Waals surface area contributed by atoms with E-state index in [0.29, 0.717) is 16.5 Å². The minimum absolute atomic E-state index is 0.106. The molecule has 1 aromatic heterocycles. The topological polar surface area (TPSA) is 64.1 Å². The maximum atomic E-state index is 12.0. The summed E-state index contributed by atoms with van der Waals surface area (Å²) >= 11 is 6.22. The summed E-state index contributed by atoms with van der Waals surface area (Å²) in [5.74, 6) is 0.402. The van der Waals surface area contributed by atoms with Gasteiger partial charge < -0.3 is 10.1 Å². The monoisotopic (exact) mass is 333 g/mol. The molecular weight excluding hydrogens is 314 g/mol. The van der Waals surface area contributed by atoms with E-state index >= 15 is 0 Å². The number of hydrogen-bond donors (Lipinski definition) is 1. The lowest BCUT2D eigenvalue weighted by molar-refractivity contribution is -0.123. The van der Waals surface area contributed by atoms with E-state index in [2.05, 4.69) is 15.3 Å². The Morgan fingerprint density at radius 1 is 1.13 bits per heavy atom. The molecule has 1 aromatic carbocycles. The van der Waals surface area contributed by atoms with Crippen LogP contribution in [0.2, 0.25) is 5.02 Å². The number of carbonyl (C=O) groups excluding carboxylic acids is 1. The Morgan fingerprint density at radius 3 is 2.26 bits per heavy atom. The molecule has 0 aliphatic heterocycles. The van der Waals surface area contributed by atoms with Crippen molar-refractivity contribution in [3.63, 3.8) is 0 Å². The summed E-state index contributed by atoms with van der Waals surface area (Å²) in [5, 5.41) is 3.19. The number of anilines is 1. The molecule has 0 radical (unpaired) electrons. The zero-order chi connectivity index (χ0) is 17.2. The van der Waals surface area contributed by atoms with Gasteiger partial charge in [0.1, 0.15) is 5.75 Å². The molecule has 122 valence electrons. The average Bonchev–Trinajstić information content (AvgIpc) is 2.39. The molecular formula is C17H20ClN3O2. The predicted molar refractivity (Wildman–Crippen MR) is 91.1 cm³/mol. The highest BCUT2D eigenvalue weighted by Gasteiger charge is 2.22. The van der Waals surface area contributed by atoms with E-state index in [9.17, 15) is 4.79 Å². The van der Waals surface area contributed by atoms with Gasteiger partial charge >= 0.3 is 6.01 Å². The van der Waals surface area contributed by atoms with E-state index in [4.69, 9.17) is 16.3 Å². The van der Waals surface area contributed by atoms with Crippen molar-refractivity contribution in [2.24, 2.45) is 5.41 Å². The third-order valence-electron chi connectivity index (χ3n) is 3.04. The Balaban J connectivity index is 2.17. The molecule has 2 aromatic rings. The number of benzene rings is 1. The Hall–Kier alpha value is -2.14. The van der Waals surface area contributed by atoms with Crippen LogP contribution in [0.4, 0.5) is 5.69 Å². The van der Waals surface area contributed by atoms with Crippen LogP contribution in [0.1, 0.15) is 32.2 Å². The molecule has 0 fully saturated rings. The van der Waals surface area contributed by atoms with E-state index in [1.165, 1.54) is 0 Å². The minimum atomic E-state index is -0.495. The van der Waals surface area contributed by atoms with Crippen LogP contribution in [0.5, 0.6) is 11.8 Å². The second kappa shape index (κ2) is 6.54. The summed E-state index contributed by atoms with van der Waals surface area (Å²) in [4.78, 5) is 20.4. The van der Waals surface area contributed by atoms with E-state index in [1.807, 2.05) is 40.7 Å². The van der Waals surface area contributed by atoms with E-state index in [0.717, 1.165) is 11.4 Å². The first kappa shape index (κ1) is 17.2. The summed E-state index contributed by atoms with van der Waals surface area (Å²) in [5.41, 5.74) is 1.70. The molecule has 0 aliphatic rings. The van der Waals surface area contributed by atoms with Crippen molar-refractivity contribution in [1.82, 2.24) is 9.97 Å². The molecule has 0 saturated carbocycles. The number of hydrogen-bond acceptors (Lipinski definition) is 4. The molecule has 1 heterocycles. The van der Waals surface area contributed by atoms with Gasteiger partial charge in [0.15, 0.2) is 0 Å². The molecule has 0 saturated heterocycles. The molecule has 2 rings (SSSR count). The van der Waals surface area contributed by atoms with Gasteiger partial charge in [-0.25, -0.2) is 9.97 Å². The Kier molecular flexibility index (Phi) is 4.90. The second-order valence-corrected chi connectivity index (χ2v) is 6.79. The summed E-state index contributed by atoms with van der Waals surface area (Å²) in [6, 6.07) is 7.17. The fourth-order valence-electron chi connectivity index (χ4n) is 1.82. The van der Waals surface area contributed by atoms with Gasteiger partial charge in [0.25, 0.3) is 0 Å². The third kappa shape index (κ3) is 4.66. The zero-order valence-electron chi connectivity index (χ0n) is 13.9. The summed E-state index contributed by atoms with van der Waals surface area (Å²) < 4.78 is 5.63. The minimum Gasteiger partial charge on any atom is -0.424 e. The first-order valence-corrected chi connectivity index (χ1v) is 7.64. The van der Waals surface area contributed by atoms with Crippen molar-refractivity contribution in [2.45, 2.75) is 34.6 Å². The number of nitrogens with one attached hydrogen (secondary N) is 1. The van der Waals surface area contributed by atoms with E-state index in [-0.39, 0.29) is 11.9 Å². The fourth-order valence-corrected chi connectivity index (χ4v) is 2.03. The van der Waals surface area contributed by atoms with Crippen molar-refractivity contribution in [1.29, 1.82) is 0 Å². The van der Waals surface area contributed by atoms with Crippen LogP contribution in [-0.4, -0.2) is 15.9 Å². The van der Waals surface area contributed by atoms with Gasteiger partial charge in [0.2, 0.25) is 5.91 Å². The summed E-state index contributed by atoms with van der Waals surface area (Å²) in [7, 11) is 0. The highest BCUT2D eigenvalue weighted by Crippen LogP contribution is 2.30. The van der Waals surface area contributed by atoms with Crippen LogP contribution in [0.25, 0.3) is 0 Å². The number of nitrogens with zero attached hydrogens (tertiary/aromatic N) is 2. The smallest absolute Gasteiger partial charge is 0.322 e. The summed E-state index contributed by atoms with van der Waals surface area (Å²) in [6.07, 6.45) is 0. The fraction of sp³-hybridized carbons (Fsp3) is 0.353. The van der Waals surface area contributed by atoms with Crippen LogP contribution in [0.15, 0.2) is 24.3 Å². The Morgan fingerprint density at radius 2 is 1.74 bits per heavy atom. The molecule has 0 atom stereocenters. The number of halogens is 1. The van der Waals surface area contributed by atoms with Crippen LogP contribution in [-0.2, 0) is 4.79 Å². The summed E-state index contributed by atoms with van der Waals surface area (Å²) in [6.45, 7) is 9.26. The van der Waals surface area contributed by atoms with Crippen molar-refractivity contribution in [3.05, 3.63) is 40.7 Å². The maximum Gasteiger partial charge on any atom is 0.322 e. The average molecular weight is 334 g/mol. The largest absolute Gasteiger partial charge is 0.424 e. The number of rotatable bonds is 3. The standard InChI is InChI=1S/C17H20ClN3O2/c1-10-8-11(2)20-16(19-10)23-12-6-7-14(13(18)9-12)21-15(22)17(3,4)5/h6-9H,1-5H3,(H,21,22). The van der Waals surface area contributed by atoms with Gasteiger partial charge in [0, 0.05) is 22.9 Å². The SMILES string of the molecule is Cc1cc(C)nc(Oc2ccc(NC(=O)C(C)(C)C)c(Cl)c2)n1. The van der Waals surface area contributed by atoms with Crippen molar-refractivity contribution < 1.29 is 9.53 Å². The highest BCUT2D eigenvalue weighted by atomic mass is 35.5. The number of aromatic nitrogens is 2. The van der Waals surface area contributed by atoms with Gasteiger partial charge in [-0.2, -0.15) is 0 Å². The lowest BCUT2D eigenvalue weighted by Gasteiger charge is -2.18. The van der Waals surface area contributed by atoms with Crippen LogP contribution >= 0.6 is 11.6 Å². The zero-order valence-corrected chi connectivity index (χ0v) is 14.7. The first-order valence-electron chi connectivity index (χ1n) is 7.26. The third-order valence-corrected chi connectivity index (χ3v) is 3.35. The molecule has 23 heavy (non-hydrogen) atoms. The molecule has 1 amide bonds. The molecule has 1 N–H and O–H groups in total. The number of ether oxygens (including phenoxy) is 1. The molecule has 0 unspecified atom stereocenters. The second-order valence-electron chi connectivity index (χ2n) is 6.38. The lowest BCUT2D eigenvalue weighted by atomic mass is 9.95. The van der Waals surface area contributed by atoms with Crippen LogP contribution in [0.3, 0.4) is 0 Å². The first-order chi connectivity index (χ1) is 10.6. The quantitative estimate of drug-likeness (QED) is 0.896. The van der Waals surface area contributed by atoms with Gasteiger partial charge in [-0.1, -0.05) is 32.4 Å². The number of carbonyl (C=O) groups is 1.